The molecule has 0 unspecified atom stereocenters. The average Bonchev–Trinajstić information content (AvgIpc) is 3.57. The molecule has 10 nitrogen and oxygen atoms in total. The van der Waals surface area contributed by atoms with Crippen molar-refractivity contribution in [1.82, 2.24) is 24.6 Å². The number of amides is 1. The van der Waals surface area contributed by atoms with Crippen molar-refractivity contribution >= 4 is 23.1 Å². The van der Waals surface area contributed by atoms with Crippen LogP contribution in [0.15, 0.2) is 36.8 Å². The summed E-state index contributed by atoms with van der Waals surface area (Å²) < 4.78 is 7.34. The van der Waals surface area contributed by atoms with Gasteiger partial charge in [-0.25, -0.2) is 4.98 Å². The molecule has 10 heteroatoms. The summed E-state index contributed by atoms with van der Waals surface area (Å²) >= 11 is 0. The number of aromatic nitrogens is 4. The number of Topliss-reactive ketones (excluding diaryl/α,β-unsaturated/α-hetero) is 1. The summed E-state index contributed by atoms with van der Waals surface area (Å²) in [6.07, 6.45) is 5.10. The number of aryl methyl sites for hydroxylation is 1. The second-order valence-electron chi connectivity index (χ2n) is 9.69. The van der Waals surface area contributed by atoms with Crippen molar-refractivity contribution < 1.29 is 14.3 Å². The van der Waals surface area contributed by atoms with Gasteiger partial charge in [0.1, 0.15) is 6.33 Å². The zero-order chi connectivity index (χ0) is 24.7. The second-order valence-corrected chi connectivity index (χ2v) is 9.69. The Morgan fingerprint density at radius 3 is 2.63 bits per heavy atom. The van der Waals surface area contributed by atoms with Crippen molar-refractivity contribution in [3.05, 3.63) is 48.0 Å². The van der Waals surface area contributed by atoms with E-state index >= 15 is 0 Å². The number of nitrogens with two attached hydrogens (primary N) is 1. The van der Waals surface area contributed by atoms with Crippen LogP contribution >= 0.6 is 0 Å². The molecule has 182 valence electrons. The number of para-hydroxylation sites is 1. The predicted molar refractivity (Wildman–Crippen MR) is 130 cm³/mol. The van der Waals surface area contributed by atoms with Gasteiger partial charge in [-0.3, -0.25) is 19.3 Å². The van der Waals surface area contributed by atoms with Crippen LogP contribution in [0.4, 0.5) is 11.4 Å². The third-order valence-electron chi connectivity index (χ3n) is 6.29. The number of ether oxygens (including phenoxy) is 1. The molecule has 1 aromatic carbocycles. The van der Waals surface area contributed by atoms with E-state index in [1.165, 1.54) is 0 Å². The Morgan fingerprint density at radius 2 is 2.00 bits per heavy atom. The van der Waals surface area contributed by atoms with Crippen molar-refractivity contribution in [1.29, 1.82) is 0 Å². The predicted octanol–water partition coefficient (Wildman–Crippen LogP) is 2.32. The number of hydrogen-bond donors (Lipinski definition) is 2. The molecule has 35 heavy (non-hydrogen) atoms. The lowest BCUT2D eigenvalue weighted by molar-refractivity contribution is -0.137. The number of nitrogens with one attached hydrogen (secondary N) is 1. The molecule has 2 aliphatic rings. The molecule has 3 aromatic rings. The highest BCUT2D eigenvalue weighted by molar-refractivity contribution is 6.04. The van der Waals surface area contributed by atoms with Crippen molar-refractivity contribution in [2.24, 2.45) is 18.7 Å². The molecule has 1 saturated heterocycles. The standard InChI is InChI=1S/C25H29N7O3/c1-25(26)12-32(13-25)21(33)10-16-9-20(18(11-27-16)22(34)15-7-8-15)29-19-6-4-5-17(23(19)35-3)24-28-14-31(2)30-24/h4-6,9,11,14-15H,7-8,10,12-13,26H2,1-3H3,(H,27,29). The summed E-state index contributed by atoms with van der Waals surface area (Å²) in [5.41, 5.74) is 8.77. The van der Waals surface area contributed by atoms with E-state index in [0.29, 0.717) is 47.3 Å². The smallest absolute Gasteiger partial charge is 0.228 e. The fourth-order valence-corrected chi connectivity index (χ4v) is 4.37. The molecule has 3 N–H and O–H groups in total. The van der Waals surface area contributed by atoms with Crippen molar-refractivity contribution in [2.75, 3.05) is 25.5 Å². The molecular formula is C25H29N7O3. The lowest BCUT2D eigenvalue weighted by Crippen LogP contribution is -2.67. The Morgan fingerprint density at radius 1 is 1.23 bits per heavy atom. The Balaban J connectivity index is 1.46. The number of carbonyl (C=O) groups is 2. The zero-order valence-corrected chi connectivity index (χ0v) is 20.1. The Labute approximate surface area is 203 Å². The van der Waals surface area contributed by atoms with E-state index in [9.17, 15) is 9.59 Å². The number of carbonyl (C=O) groups excluding carboxylic acids is 2. The van der Waals surface area contributed by atoms with Gasteiger partial charge >= 0.3 is 0 Å². The van der Waals surface area contributed by atoms with Crippen LogP contribution in [0.5, 0.6) is 5.75 Å². The molecule has 0 bridgehead atoms. The summed E-state index contributed by atoms with van der Waals surface area (Å²) in [5.74, 6) is 1.14. The lowest BCUT2D eigenvalue weighted by atomic mass is 9.93. The maximum absolute atomic E-state index is 13.0. The highest BCUT2D eigenvalue weighted by Crippen LogP contribution is 2.39. The molecule has 0 radical (unpaired) electrons. The lowest BCUT2D eigenvalue weighted by Gasteiger charge is -2.45. The number of pyridine rings is 1. The number of methoxy groups -OCH3 is 1. The SMILES string of the molecule is COc1c(Nc2cc(CC(=O)N3CC(C)(N)C3)ncc2C(=O)C2CC2)cccc1-c1ncn(C)n1. The number of hydrogen-bond acceptors (Lipinski definition) is 8. The van der Waals surface area contributed by atoms with E-state index in [1.54, 1.807) is 42.3 Å². The molecular weight excluding hydrogens is 446 g/mol. The van der Waals surface area contributed by atoms with Gasteiger partial charge in [0.05, 0.1) is 41.7 Å². The van der Waals surface area contributed by atoms with Crippen LogP contribution in [0.3, 0.4) is 0 Å². The number of likely N-dealkylation sites (tertiary alicyclic amines) is 1. The van der Waals surface area contributed by atoms with Crippen molar-refractivity contribution in [3.63, 3.8) is 0 Å². The first-order chi connectivity index (χ1) is 16.7. The largest absolute Gasteiger partial charge is 0.494 e. The number of nitrogens with zero attached hydrogens (tertiary/aromatic N) is 5. The molecule has 1 amide bonds. The summed E-state index contributed by atoms with van der Waals surface area (Å²) in [4.78, 5) is 36.2. The maximum atomic E-state index is 13.0. The first-order valence-electron chi connectivity index (χ1n) is 11.6. The van der Waals surface area contributed by atoms with Gasteiger partial charge < -0.3 is 20.7 Å². The summed E-state index contributed by atoms with van der Waals surface area (Å²) in [7, 11) is 3.38. The summed E-state index contributed by atoms with van der Waals surface area (Å²) in [6, 6.07) is 7.40. The van der Waals surface area contributed by atoms with E-state index in [-0.39, 0.29) is 29.6 Å². The molecule has 1 aliphatic carbocycles. The zero-order valence-electron chi connectivity index (χ0n) is 20.1. The van der Waals surface area contributed by atoms with Gasteiger partial charge in [0.25, 0.3) is 0 Å². The second kappa shape index (κ2) is 8.77. The molecule has 0 atom stereocenters. The normalized spacial score (nSPS) is 16.5. The number of anilines is 2. The Hall–Kier alpha value is -3.79. The van der Waals surface area contributed by atoms with Gasteiger partial charge in [0.2, 0.25) is 5.91 Å². The van der Waals surface area contributed by atoms with Gasteiger partial charge in [-0.1, -0.05) is 6.07 Å². The van der Waals surface area contributed by atoms with Gasteiger partial charge in [0, 0.05) is 37.8 Å². The molecule has 1 aliphatic heterocycles. The monoisotopic (exact) mass is 475 g/mol. The molecule has 2 aromatic heterocycles. The van der Waals surface area contributed by atoms with Gasteiger partial charge in [-0.15, -0.1) is 0 Å². The molecule has 3 heterocycles. The first kappa shape index (κ1) is 23.0. The highest BCUT2D eigenvalue weighted by atomic mass is 16.5. The number of ketones is 1. The number of rotatable bonds is 8. The third-order valence-corrected chi connectivity index (χ3v) is 6.29. The van der Waals surface area contributed by atoms with E-state index in [2.05, 4.69) is 20.4 Å². The molecule has 1 saturated carbocycles. The summed E-state index contributed by atoms with van der Waals surface area (Å²) in [6.45, 7) is 2.98. The fraction of sp³-hybridized carbons (Fsp3) is 0.400. The minimum absolute atomic E-state index is 0.0269. The molecule has 5 rings (SSSR count). The van der Waals surface area contributed by atoms with E-state index in [0.717, 1.165) is 18.4 Å². The van der Waals surface area contributed by atoms with Gasteiger partial charge in [0.15, 0.2) is 17.4 Å². The Bertz CT molecular complexity index is 1290. The fourth-order valence-electron chi connectivity index (χ4n) is 4.37. The highest BCUT2D eigenvalue weighted by Gasteiger charge is 2.38. The minimum atomic E-state index is -0.333. The van der Waals surface area contributed by atoms with Gasteiger partial charge in [-0.2, -0.15) is 5.10 Å². The van der Waals surface area contributed by atoms with E-state index in [4.69, 9.17) is 10.5 Å². The third kappa shape index (κ3) is 4.74. The Kier molecular flexibility index (Phi) is 5.76. The van der Waals surface area contributed by atoms with Crippen LogP contribution < -0.4 is 15.8 Å². The first-order valence-corrected chi connectivity index (χ1v) is 11.6. The van der Waals surface area contributed by atoms with Crippen LogP contribution in [-0.2, 0) is 18.3 Å². The quantitative estimate of drug-likeness (QED) is 0.475. The minimum Gasteiger partial charge on any atom is -0.494 e. The van der Waals surface area contributed by atoms with Crippen LogP contribution in [0.25, 0.3) is 11.4 Å². The molecule has 0 spiro atoms. The van der Waals surface area contributed by atoms with Crippen LogP contribution in [0.1, 0.15) is 35.8 Å². The molecule has 2 fully saturated rings. The van der Waals surface area contributed by atoms with Crippen molar-refractivity contribution in [2.45, 2.75) is 31.7 Å². The van der Waals surface area contributed by atoms with Crippen LogP contribution in [-0.4, -0.2) is 62.1 Å². The van der Waals surface area contributed by atoms with Gasteiger partial charge in [-0.05, 0) is 38.0 Å². The average molecular weight is 476 g/mol. The number of benzene rings is 1. The summed E-state index contributed by atoms with van der Waals surface area (Å²) in [5, 5.41) is 7.75. The van der Waals surface area contributed by atoms with Crippen LogP contribution in [0, 0.1) is 5.92 Å². The topological polar surface area (TPSA) is 128 Å². The van der Waals surface area contributed by atoms with E-state index in [1.807, 2.05) is 25.1 Å². The van der Waals surface area contributed by atoms with Crippen molar-refractivity contribution in [3.8, 4) is 17.1 Å². The van der Waals surface area contributed by atoms with Crippen LogP contribution in [0.2, 0.25) is 0 Å². The van der Waals surface area contributed by atoms with E-state index < -0.39 is 0 Å². The maximum Gasteiger partial charge on any atom is 0.228 e.